The van der Waals surface area contributed by atoms with Crippen molar-refractivity contribution in [2.45, 2.75) is 12.5 Å². The Kier molecular flexibility index (Phi) is 6.00. The number of aliphatic hydroxyl groups is 1. The topological polar surface area (TPSA) is 57.6 Å². The number of Topliss-reactive ketones (excluding diaryl/α,β-unsaturated/α-hetero) is 1. The molecule has 4 rings (SSSR count). The van der Waals surface area contributed by atoms with Crippen LogP contribution in [0.3, 0.4) is 0 Å². The van der Waals surface area contributed by atoms with E-state index in [2.05, 4.69) is 15.9 Å². The number of likely N-dealkylation sites (tertiary alicyclic amines) is 1. The van der Waals surface area contributed by atoms with Gasteiger partial charge >= 0.3 is 0 Å². The van der Waals surface area contributed by atoms with Crippen molar-refractivity contribution in [3.05, 3.63) is 111 Å². The SMILES string of the molecule is O=C1C(=O)N(CCc2ccccc2)C(c2ccccc2F)C1=C(O)c1ccc(Br)cc1. The lowest BCUT2D eigenvalue weighted by Gasteiger charge is -2.25. The van der Waals surface area contributed by atoms with Gasteiger partial charge in [-0.3, -0.25) is 9.59 Å². The van der Waals surface area contributed by atoms with Crippen LogP contribution in [0.25, 0.3) is 5.76 Å². The minimum atomic E-state index is -1.01. The average molecular weight is 480 g/mol. The highest BCUT2D eigenvalue weighted by molar-refractivity contribution is 9.10. The maximum absolute atomic E-state index is 14.8. The van der Waals surface area contributed by atoms with Gasteiger partial charge in [0.1, 0.15) is 11.6 Å². The number of halogens is 2. The molecule has 1 aliphatic heterocycles. The van der Waals surface area contributed by atoms with Crippen molar-refractivity contribution in [3.63, 3.8) is 0 Å². The smallest absolute Gasteiger partial charge is 0.295 e. The van der Waals surface area contributed by atoms with Gasteiger partial charge in [0.15, 0.2) is 0 Å². The van der Waals surface area contributed by atoms with E-state index in [4.69, 9.17) is 0 Å². The molecule has 1 atom stereocenters. The lowest BCUT2D eigenvalue weighted by atomic mass is 9.95. The monoisotopic (exact) mass is 479 g/mol. The summed E-state index contributed by atoms with van der Waals surface area (Å²) in [6.45, 7) is 0.213. The van der Waals surface area contributed by atoms with E-state index in [9.17, 15) is 19.1 Å². The lowest BCUT2D eigenvalue weighted by Crippen LogP contribution is -2.32. The third-order valence-electron chi connectivity index (χ3n) is 5.34. The Labute approximate surface area is 187 Å². The molecule has 4 nitrogen and oxygen atoms in total. The number of rotatable bonds is 5. The summed E-state index contributed by atoms with van der Waals surface area (Å²) in [7, 11) is 0. The molecule has 6 heteroatoms. The molecule has 3 aromatic rings. The largest absolute Gasteiger partial charge is 0.507 e. The number of hydrogen-bond acceptors (Lipinski definition) is 3. The first-order chi connectivity index (χ1) is 15.0. The van der Waals surface area contributed by atoms with Crippen LogP contribution in [0.5, 0.6) is 0 Å². The molecule has 156 valence electrons. The van der Waals surface area contributed by atoms with E-state index in [1.807, 2.05) is 30.3 Å². The Bertz CT molecular complexity index is 1160. The fourth-order valence-corrected chi connectivity index (χ4v) is 4.05. The van der Waals surface area contributed by atoms with Gasteiger partial charge < -0.3 is 10.0 Å². The number of amides is 1. The van der Waals surface area contributed by atoms with E-state index in [1.54, 1.807) is 36.4 Å². The van der Waals surface area contributed by atoms with Crippen LogP contribution in [0, 0.1) is 5.82 Å². The standard InChI is InChI=1S/C25H19BrFNO3/c26-18-12-10-17(11-13-18)23(29)21-22(19-8-4-5-9-20(19)27)28(25(31)24(21)30)15-14-16-6-2-1-3-7-16/h1-13,22,29H,14-15H2. The predicted octanol–water partition coefficient (Wildman–Crippen LogP) is 5.25. The summed E-state index contributed by atoms with van der Waals surface area (Å²) in [4.78, 5) is 27.2. The van der Waals surface area contributed by atoms with E-state index in [-0.39, 0.29) is 23.4 Å². The first kappa shape index (κ1) is 21.0. The van der Waals surface area contributed by atoms with Gasteiger partial charge in [-0.05, 0) is 30.2 Å². The third-order valence-corrected chi connectivity index (χ3v) is 5.87. The molecule has 31 heavy (non-hydrogen) atoms. The van der Waals surface area contributed by atoms with E-state index in [1.165, 1.54) is 17.0 Å². The lowest BCUT2D eigenvalue weighted by molar-refractivity contribution is -0.139. The summed E-state index contributed by atoms with van der Waals surface area (Å²) in [5.74, 6) is -2.42. The van der Waals surface area contributed by atoms with E-state index < -0.39 is 23.5 Å². The van der Waals surface area contributed by atoms with Gasteiger partial charge in [0.05, 0.1) is 11.6 Å². The Morgan fingerprint density at radius 1 is 0.935 bits per heavy atom. The van der Waals surface area contributed by atoms with Gasteiger partial charge in [0.2, 0.25) is 0 Å². The van der Waals surface area contributed by atoms with Gasteiger partial charge in [0.25, 0.3) is 11.7 Å². The molecule has 1 saturated heterocycles. The second-order valence-electron chi connectivity index (χ2n) is 7.26. The molecule has 1 heterocycles. The highest BCUT2D eigenvalue weighted by Crippen LogP contribution is 2.40. The van der Waals surface area contributed by atoms with Crippen LogP contribution in [0.15, 0.2) is 88.9 Å². The summed E-state index contributed by atoms with van der Waals surface area (Å²) >= 11 is 3.33. The molecular weight excluding hydrogens is 461 g/mol. The molecular formula is C25H19BrFNO3. The molecule has 1 aliphatic rings. The van der Waals surface area contributed by atoms with Crippen LogP contribution in [-0.4, -0.2) is 28.2 Å². The van der Waals surface area contributed by atoms with Crippen LogP contribution in [-0.2, 0) is 16.0 Å². The van der Waals surface area contributed by atoms with Crippen molar-refractivity contribution < 1.29 is 19.1 Å². The van der Waals surface area contributed by atoms with Gasteiger partial charge in [-0.2, -0.15) is 0 Å². The highest BCUT2D eigenvalue weighted by Gasteiger charge is 2.46. The molecule has 1 unspecified atom stereocenters. The molecule has 1 fully saturated rings. The van der Waals surface area contributed by atoms with Crippen LogP contribution in [0.2, 0.25) is 0 Å². The summed E-state index contributed by atoms with van der Waals surface area (Å²) in [6.07, 6.45) is 0.497. The van der Waals surface area contributed by atoms with E-state index in [0.29, 0.717) is 12.0 Å². The zero-order chi connectivity index (χ0) is 22.0. The first-order valence-electron chi connectivity index (χ1n) is 9.80. The van der Waals surface area contributed by atoms with E-state index >= 15 is 0 Å². The Morgan fingerprint density at radius 3 is 2.26 bits per heavy atom. The van der Waals surface area contributed by atoms with Gasteiger partial charge in [-0.1, -0.05) is 76.6 Å². The Hall–Kier alpha value is -3.25. The normalized spacial score (nSPS) is 17.9. The number of carbonyl (C=O) groups is 2. The zero-order valence-electron chi connectivity index (χ0n) is 16.5. The van der Waals surface area contributed by atoms with Crippen molar-refractivity contribution in [1.29, 1.82) is 0 Å². The maximum atomic E-state index is 14.8. The number of hydrogen-bond donors (Lipinski definition) is 1. The molecule has 0 radical (unpaired) electrons. The van der Waals surface area contributed by atoms with Gasteiger partial charge in [-0.15, -0.1) is 0 Å². The number of ketones is 1. The molecule has 3 aromatic carbocycles. The Morgan fingerprint density at radius 2 is 1.58 bits per heavy atom. The highest BCUT2D eigenvalue weighted by atomic mass is 79.9. The first-order valence-corrected chi connectivity index (χ1v) is 10.6. The van der Waals surface area contributed by atoms with Crippen LogP contribution in [0.4, 0.5) is 4.39 Å². The van der Waals surface area contributed by atoms with Crippen LogP contribution in [0.1, 0.15) is 22.7 Å². The fourth-order valence-electron chi connectivity index (χ4n) is 3.79. The summed E-state index contributed by atoms with van der Waals surface area (Å²) in [6, 6.07) is 21.3. The maximum Gasteiger partial charge on any atom is 0.295 e. The van der Waals surface area contributed by atoms with Crippen LogP contribution < -0.4 is 0 Å². The second-order valence-corrected chi connectivity index (χ2v) is 8.17. The van der Waals surface area contributed by atoms with Crippen molar-refractivity contribution in [1.82, 2.24) is 4.90 Å². The third kappa shape index (κ3) is 4.16. The second kappa shape index (κ2) is 8.86. The molecule has 0 bridgehead atoms. The average Bonchev–Trinajstić information content (AvgIpc) is 3.03. The fraction of sp³-hybridized carbons (Fsp3) is 0.120. The van der Waals surface area contributed by atoms with Crippen molar-refractivity contribution >= 4 is 33.4 Å². The van der Waals surface area contributed by atoms with Crippen LogP contribution >= 0.6 is 15.9 Å². The minimum Gasteiger partial charge on any atom is -0.507 e. The number of carbonyl (C=O) groups excluding carboxylic acids is 2. The summed E-state index contributed by atoms with van der Waals surface area (Å²) < 4.78 is 15.6. The van der Waals surface area contributed by atoms with Gasteiger partial charge in [0, 0.05) is 22.1 Å². The molecule has 1 N–H and O–H groups in total. The van der Waals surface area contributed by atoms with Crippen molar-refractivity contribution in [2.24, 2.45) is 0 Å². The quantitative estimate of drug-likeness (QED) is 0.308. The van der Waals surface area contributed by atoms with E-state index in [0.717, 1.165) is 10.0 Å². The van der Waals surface area contributed by atoms with Crippen molar-refractivity contribution in [3.8, 4) is 0 Å². The molecule has 0 spiro atoms. The number of nitrogens with zero attached hydrogens (tertiary/aromatic N) is 1. The molecule has 0 aromatic heterocycles. The summed E-state index contributed by atoms with van der Waals surface area (Å²) in [5, 5.41) is 11.0. The summed E-state index contributed by atoms with van der Waals surface area (Å²) in [5.41, 5.74) is 1.44. The number of benzene rings is 3. The molecule has 0 aliphatic carbocycles. The zero-order valence-corrected chi connectivity index (χ0v) is 18.0. The van der Waals surface area contributed by atoms with Gasteiger partial charge in [-0.25, -0.2) is 4.39 Å². The minimum absolute atomic E-state index is 0.106. The Balaban J connectivity index is 1.80. The molecule has 0 saturated carbocycles. The number of aliphatic hydroxyl groups excluding tert-OH is 1. The predicted molar refractivity (Wildman–Crippen MR) is 120 cm³/mol. The van der Waals surface area contributed by atoms with Crippen molar-refractivity contribution in [2.75, 3.05) is 6.54 Å². The molecule has 1 amide bonds.